The van der Waals surface area contributed by atoms with Gasteiger partial charge in [-0.3, -0.25) is 4.79 Å². The van der Waals surface area contributed by atoms with Crippen LogP contribution in [0.3, 0.4) is 0 Å². The van der Waals surface area contributed by atoms with Gasteiger partial charge in [0.1, 0.15) is 48.8 Å². The predicted octanol–water partition coefficient (Wildman–Crippen LogP) is 1.50. The van der Waals surface area contributed by atoms with Gasteiger partial charge in [-0.15, -0.1) is 0 Å². The Morgan fingerprint density at radius 3 is 1.94 bits per heavy atom. The highest BCUT2D eigenvalue weighted by molar-refractivity contribution is 5.66. The van der Waals surface area contributed by atoms with Crippen LogP contribution in [-0.4, -0.2) is 165 Å². The molecule has 5 aliphatic heterocycles. The fourth-order valence-electron chi connectivity index (χ4n) is 14.7. The number of aliphatic hydroxyl groups is 7. The molecule has 9 rings (SSSR count). The van der Waals surface area contributed by atoms with E-state index in [9.17, 15) is 40.5 Å². The molecule has 9 fully saturated rings. The van der Waals surface area contributed by atoms with Gasteiger partial charge in [0.05, 0.1) is 43.7 Å². The van der Waals surface area contributed by atoms with E-state index in [1.165, 1.54) is 20.8 Å². The third-order valence-electron chi connectivity index (χ3n) is 18.2. The lowest BCUT2D eigenvalue weighted by Gasteiger charge is -2.63. The van der Waals surface area contributed by atoms with E-state index in [0.29, 0.717) is 36.5 Å². The number of hydrogen-bond donors (Lipinski definition) is 7. The van der Waals surface area contributed by atoms with Crippen molar-refractivity contribution in [2.75, 3.05) is 13.2 Å². The van der Waals surface area contributed by atoms with E-state index in [0.717, 1.165) is 51.6 Å². The molecule has 27 atom stereocenters. The second-order valence-electron chi connectivity index (χ2n) is 21.7. The van der Waals surface area contributed by atoms with Gasteiger partial charge < -0.3 is 78.4 Å². The molecule has 6 unspecified atom stereocenters. The van der Waals surface area contributed by atoms with Crippen molar-refractivity contribution in [3.63, 3.8) is 0 Å². The largest absolute Gasteiger partial charge is 0.457 e. The number of aliphatic hydroxyl groups excluding tert-OH is 7. The minimum atomic E-state index is -1.74. The number of carbonyl (C=O) groups is 1. The Kier molecular flexibility index (Phi) is 13.0. The number of ether oxygens (including phenoxy) is 9. The lowest BCUT2D eigenvalue weighted by atomic mass is 9.43. The SMILES string of the molecule is CC(=O)O[C@H]1COC(O[C@@H]2C[C@H](O)C[C@@H]3CCC4C5CC6O[C@]7(CC[C@@H](C)CO7)[C@@H](C)C6[C@@]5(C)CCC4[C@]32C)[C@H](O[C@@H]2O[C@@H](C)[C@H](O)[C@@H](O)[C@H]2O)[C@H]1O[C@@H]1O[C@@H](C)[C@H](O)[C@@H](O)[C@H]1O. The molecule has 7 N–H and O–H groups in total. The van der Waals surface area contributed by atoms with Crippen LogP contribution in [0.15, 0.2) is 0 Å². The Bertz CT molecular complexity index is 1630. The highest BCUT2D eigenvalue weighted by Crippen LogP contribution is 2.71. The number of hydrogen-bond acceptors (Lipinski definition) is 17. The zero-order chi connectivity index (χ0) is 45.1. The average Bonchev–Trinajstić information content (AvgIpc) is 3.69. The van der Waals surface area contributed by atoms with Crippen molar-refractivity contribution >= 4 is 5.97 Å². The maximum absolute atomic E-state index is 12.5. The molecule has 0 aromatic carbocycles. The Morgan fingerprint density at radius 2 is 1.32 bits per heavy atom. The van der Waals surface area contributed by atoms with Crippen LogP contribution in [0.25, 0.3) is 0 Å². The van der Waals surface area contributed by atoms with Crippen molar-refractivity contribution in [1.82, 2.24) is 0 Å². The van der Waals surface area contributed by atoms with Crippen LogP contribution in [0.1, 0.15) is 106 Å². The molecule has 0 radical (unpaired) electrons. The maximum atomic E-state index is 12.5. The average molecular weight is 899 g/mol. The van der Waals surface area contributed by atoms with Crippen molar-refractivity contribution in [3.8, 4) is 0 Å². The molecule has 9 aliphatic rings. The molecule has 0 bridgehead atoms. The summed E-state index contributed by atoms with van der Waals surface area (Å²) < 4.78 is 57.5. The smallest absolute Gasteiger partial charge is 0.303 e. The fraction of sp³-hybridized carbons (Fsp3) is 0.978. The lowest BCUT2D eigenvalue weighted by molar-refractivity contribution is -0.388. The molecular weight excluding hydrogens is 824 g/mol. The monoisotopic (exact) mass is 898 g/mol. The molecule has 17 nitrogen and oxygen atoms in total. The van der Waals surface area contributed by atoms with Crippen LogP contribution in [-0.2, 0) is 47.4 Å². The molecule has 63 heavy (non-hydrogen) atoms. The van der Waals surface area contributed by atoms with E-state index >= 15 is 0 Å². The molecule has 17 heteroatoms. The van der Waals surface area contributed by atoms with E-state index < -0.39 is 115 Å². The zero-order valence-corrected chi connectivity index (χ0v) is 37.8. The number of rotatable bonds is 7. The van der Waals surface area contributed by atoms with Crippen molar-refractivity contribution in [3.05, 3.63) is 0 Å². The van der Waals surface area contributed by atoms with Gasteiger partial charge in [-0.2, -0.15) is 0 Å². The van der Waals surface area contributed by atoms with Crippen LogP contribution >= 0.6 is 0 Å². The van der Waals surface area contributed by atoms with Gasteiger partial charge in [-0.1, -0.05) is 27.7 Å². The van der Waals surface area contributed by atoms with E-state index in [-0.39, 0.29) is 35.9 Å². The second kappa shape index (κ2) is 17.4. The molecule has 0 amide bonds. The normalized spacial score (nSPS) is 58.1. The van der Waals surface area contributed by atoms with E-state index in [1.54, 1.807) is 0 Å². The van der Waals surface area contributed by atoms with Crippen LogP contribution in [0, 0.1) is 52.3 Å². The van der Waals surface area contributed by atoms with E-state index in [1.807, 2.05) is 0 Å². The number of esters is 1. The van der Waals surface area contributed by atoms with Gasteiger partial charge in [-0.25, -0.2) is 0 Å². The summed E-state index contributed by atoms with van der Waals surface area (Å²) in [6.45, 7) is 14.1. The minimum Gasteiger partial charge on any atom is -0.457 e. The topological polar surface area (TPSA) is 242 Å². The zero-order valence-electron chi connectivity index (χ0n) is 37.8. The van der Waals surface area contributed by atoms with E-state index in [2.05, 4.69) is 27.7 Å². The minimum absolute atomic E-state index is 0.0829. The number of carbonyl (C=O) groups excluding carboxylic acids is 1. The van der Waals surface area contributed by atoms with Gasteiger partial charge in [0.15, 0.2) is 30.8 Å². The maximum Gasteiger partial charge on any atom is 0.303 e. The number of fused-ring (bicyclic) bond motifs is 7. The predicted molar refractivity (Wildman–Crippen MR) is 218 cm³/mol. The van der Waals surface area contributed by atoms with Crippen LogP contribution in [0.4, 0.5) is 0 Å². The molecule has 5 heterocycles. The van der Waals surface area contributed by atoms with Crippen molar-refractivity contribution in [1.29, 1.82) is 0 Å². The summed E-state index contributed by atoms with van der Waals surface area (Å²) >= 11 is 0. The summed E-state index contributed by atoms with van der Waals surface area (Å²) in [7, 11) is 0. The molecule has 360 valence electrons. The van der Waals surface area contributed by atoms with Crippen LogP contribution in [0.5, 0.6) is 0 Å². The van der Waals surface area contributed by atoms with Crippen LogP contribution < -0.4 is 0 Å². The lowest BCUT2D eigenvalue weighted by Crippen LogP contribution is -2.66. The third-order valence-corrected chi connectivity index (χ3v) is 18.2. The van der Waals surface area contributed by atoms with Gasteiger partial charge in [0, 0.05) is 25.7 Å². The summed E-state index contributed by atoms with van der Waals surface area (Å²) in [6, 6.07) is 0. The molecule has 1 spiro atoms. The van der Waals surface area contributed by atoms with Gasteiger partial charge in [0.2, 0.25) is 0 Å². The highest BCUT2D eigenvalue weighted by Gasteiger charge is 2.70. The Hall–Kier alpha value is -1.13. The molecule has 5 saturated heterocycles. The molecule has 0 aromatic rings. The van der Waals surface area contributed by atoms with Crippen molar-refractivity contribution in [2.45, 2.75) is 216 Å². The van der Waals surface area contributed by atoms with Gasteiger partial charge in [0.25, 0.3) is 0 Å². The molecular formula is C46H74O17. The Labute approximate surface area is 370 Å². The highest BCUT2D eigenvalue weighted by atomic mass is 16.8. The summed E-state index contributed by atoms with van der Waals surface area (Å²) in [5.74, 6) is 1.27. The third kappa shape index (κ3) is 7.86. The van der Waals surface area contributed by atoms with E-state index in [4.69, 9.17) is 42.6 Å². The van der Waals surface area contributed by atoms with Gasteiger partial charge in [-0.05, 0) is 105 Å². The van der Waals surface area contributed by atoms with Crippen molar-refractivity contribution in [2.24, 2.45) is 52.3 Å². The summed E-state index contributed by atoms with van der Waals surface area (Å²) in [5, 5.41) is 76.3. The first-order chi connectivity index (χ1) is 29.8. The molecule has 4 saturated carbocycles. The summed E-state index contributed by atoms with van der Waals surface area (Å²) in [6.07, 6.45) is -13.0. The molecule has 4 aliphatic carbocycles. The first kappa shape index (κ1) is 47.0. The fourth-order valence-corrected chi connectivity index (χ4v) is 14.7. The Morgan fingerprint density at radius 1 is 0.667 bits per heavy atom. The quantitative estimate of drug-likeness (QED) is 0.179. The standard InChI is InChI=1S/C46H74O17/c1-19-10-13-46(56-17-19)20(2)32-29(63-46)16-28-26-9-8-24-14-25(48)15-31(45(24,7)27(26)11-12-44(28,32)6)60-43-40(62-42-38(54)36(52)34(50)22(4)58-42)39(30(18-55-43)59-23(5)47)61-41-37(53)35(51)33(49)21(3)57-41/h19-22,24-43,48-54H,8-18H2,1-7H3/t19-,20+,21+,22+,24+,25-,26?,27?,28?,29?,30+,31-,32?,33+,34+,35-,36-,37-,38-,39+,40-,41+,42+,43?,44+,45+,46-/m1/s1. The van der Waals surface area contributed by atoms with Crippen molar-refractivity contribution < 1.29 is 83.2 Å². The van der Waals surface area contributed by atoms with Crippen LogP contribution in [0.2, 0.25) is 0 Å². The molecule has 0 aromatic heterocycles. The first-order valence-corrected chi connectivity index (χ1v) is 23.9. The summed E-state index contributed by atoms with van der Waals surface area (Å²) in [4.78, 5) is 12.5. The second-order valence-corrected chi connectivity index (χ2v) is 21.7. The Balaban J connectivity index is 1.02. The first-order valence-electron chi connectivity index (χ1n) is 23.9. The van der Waals surface area contributed by atoms with Gasteiger partial charge >= 0.3 is 5.97 Å². The summed E-state index contributed by atoms with van der Waals surface area (Å²) in [5.41, 5.74) is -0.331.